The topological polar surface area (TPSA) is 3.24 Å². The quantitative estimate of drug-likeness (QED) is 0.308. The number of fused-ring (bicyclic) bond motifs is 5. The molecule has 1 nitrogen and oxygen atoms in total. The second kappa shape index (κ2) is 6.69. The van der Waals surface area contributed by atoms with Gasteiger partial charge in [-0.3, -0.25) is 0 Å². The van der Waals surface area contributed by atoms with Crippen molar-refractivity contribution >= 4 is 17.1 Å². The number of anilines is 3. The van der Waals surface area contributed by atoms with Crippen LogP contribution in [0.15, 0.2) is 97.1 Å². The summed E-state index contributed by atoms with van der Waals surface area (Å²) in [6.45, 7) is 4.51. The lowest BCUT2D eigenvalue weighted by molar-refractivity contribution is 0.866. The average Bonchev–Trinajstić information content (AvgIpc) is 2.87. The van der Waals surface area contributed by atoms with E-state index in [9.17, 15) is 0 Å². The van der Waals surface area contributed by atoms with E-state index >= 15 is 0 Å². The van der Waals surface area contributed by atoms with Gasteiger partial charge in [0.15, 0.2) is 0 Å². The number of benzene rings is 4. The minimum atomic E-state index is 0.483. The maximum Gasteiger partial charge on any atom is 0.0543 e. The monoisotopic (exact) mass is 361 g/mol. The van der Waals surface area contributed by atoms with Crippen molar-refractivity contribution in [2.24, 2.45) is 0 Å². The van der Waals surface area contributed by atoms with E-state index in [4.69, 9.17) is 0 Å². The predicted octanol–water partition coefficient (Wildman–Crippen LogP) is 7.93. The number of para-hydroxylation sites is 2. The molecule has 5 rings (SSSR count). The third-order valence-electron chi connectivity index (χ3n) is 5.60. The highest BCUT2D eigenvalue weighted by molar-refractivity contribution is 6.02. The van der Waals surface area contributed by atoms with Crippen molar-refractivity contribution in [3.63, 3.8) is 0 Å². The minimum Gasteiger partial charge on any atom is -0.309 e. The first-order valence-corrected chi connectivity index (χ1v) is 9.92. The molecule has 4 aromatic carbocycles. The Morgan fingerprint density at radius 3 is 1.79 bits per heavy atom. The Bertz CT molecular complexity index is 1140. The SMILES string of the molecule is CC(C)c1ccc2c(c1)N(c1ccccc1)c1ccccc1-c1ccccc1-2. The van der Waals surface area contributed by atoms with Crippen LogP contribution in [0, 0.1) is 0 Å². The van der Waals surface area contributed by atoms with Crippen molar-refractivity contribution in [1.29, 1.82) is 0 Å². The van der Waals surface area contributed by atoms with Gasteiger partial charge in [0.25, 0.3) is 0 Å². The lowest BCUT2D eigenvalue weighted by Gasteiger charge is -2.28. The fourth-order valence-corrected chi connectivity index (χ4v) is 4.15. The number of hydrogen-bond donors (Lipinski definition) is 0. The zero-order chi connectivity index (χ0) is 19.1. The second-order valence-electron chi connectivity index (χ2n) is 7.66. The van der Waals surface area contributed by atoms with Crippen molar-refractivity contribution in [1.82, 2.24) is 0 Å². The van der Waals surface area contributed by atoms with E-state index in [2.05, 4.69) is 116 Å². The molecule has 0 spiro atoms. The van der Waals surface area contributed by atoms with Gasteiger partial charge in [0.05, 0.1) is 11.4 Å². The zero-order valence-corrected chi connectivity index (χ0v) is 16.3. The van der Waals surface area contributed by atoms with Crippen LogP contribution in [0.1, 0.15) is 25.3 Å². The number of rotatable bonds is 2. The van der Waals surface area contributed by atoms with Crippen LogP contribution < -0.4 is 4.90 Å². The van der Waals surface area contributed by atoms with Crippen LogP contribution >= 0.6 is 0 Å². The van der Waals surface area contributed by atoms with E-state index in [1.807, 2.05) is 0 Å². The Hall–Kier alpha value is -3.32. The molecular weight excluding hydrogens is 338 g/mol. The van der Waals surface area contributed by atoms with Crippen LogP contribution in [0.2, 0.25) is 0 Å². The average molecular weight is 361 g/mol. The van der Waals surface area contributed by atoms with Gasteiger partial charge in [-0.05, 0) is 46.9 Å². The van der Waals surface area contributed by atoms with Crippen molar-refractivity contribution in [3.8, 4) is 22.3 Å². The van der Waals surface area contributed by atoms with Crippen LogP contribution in [0.5, 0.6) is 0 Å². The van der Waals surface area contributed by atoms with E-state index in [1.165, 1.54) is 44.9 Å². The molecule has 0 saturated carbocycles. The summed E-state index contributed by atoms with van der Waals surface area (Å²) in [6, 6.07) is 35.1. The predicted molar refractivity (Wildman–Crippen MR) is 120 cm³/mol. The fraction of sp³-hybridized carbons (Fsp3) is 0.111. The van der Waals surface area contributed by atoms with Gasteiger partial charge in [-0.25, -0.2) is 0 Å². The zero-order valence-electron chi connectivity index (χ0n) is 16.3. The summed E-state index contributed by atoms with van der Waals surface area (Å²) in [5, 5.41) is 0. The molecule has 4 aromatic rings. The summed E-state index contributed by atoms with van der Waals surface area (Å²) in [6.07, 6.45) is 0. The molecule has 0 aliphatic carbocycles. The molecule has 1 aliphatic rings. The molecular formula is C27H23N. The van der Waals surface area contributed by atoms with E-state index in [1.54, 1.807) is 0 Å². The molecule has 0 bridgehead atoms. The van der Waals surface area contributed by atoms with Crippen LogP contribution in [0.4, 0.5) is 17.1 Å². The van der Waals surface area contributed by atoms with Gasteiger partial charge in [0, 0.05) is 16.8 Å². The number of nitrogens with zero attached hydrogens (tertiary/aromatic N) is 1. The van der Waals surface area contributed by atoms with E-state index in [-0.39, 0.29) is 0 Å². The summed E-state index contributed by atoms with van der Waals surface area (Å²) < 4.78 is 0. The van der Waals surface area contributed by atoms with Crippen molar-refractivity contribution in [2.75, 3.05) is 4.90 Å². The molecule has 0 radical (unpaired) electrons. The molecule has 136 valence electrons. The molecule has 1 heterocycles. The molecule has 0 atom stereocenters. The van der Waals surface area contributed by atoms with Gasteiger partial charge >= 0.3 is 0 Å². The maximum atomic E-state index is 2.41. The van der Waals surface area contributed by atoms with Crippen LogP contribution in [0.25, 0.3) is 22.3 Å². The maximum absolute atomic E-state index is 2.41. The Kier molecular flexibility index (Phi) is 4.02. The first-order chi connectivity index (χ1) is 13.7. The highest BCUT2D eigenvalue weighted by Crippen LogP contribution is 2.50. The van der Waals surface area contributed by atoms with E-state index in [0.717, 1.165) is 0 Å². The van der Waals surface area contributed by atoms with Gasteiger partial charge in [-0.2, -0.15) is 0 Å². The summed E-state index contributed by atoms with van der Waals surface area (Å²) in [7, 11) is 0. The van der Waals surface area contributed by atoms with E-state index < -0.39 is 0 Å². The van der Waals surface area contributed by atoms with Crippen molar-refractivity contribution in [3.05, 3.63) is 103 Å². The molecule has 0 unspecified atom stereocenters. The minimum absolute atomic E-state index is 0.483. The van der Waals surface area contributed by atoms with Gasteiger partial charge in [0.2, 0.25) is 0 Å². The third-order valence-corrected chi connectivity index (χ3v) is 5.60. The summed E-state index contributed by atoms with van der Waals surface area (Å²) in [4.78, 5) is 2.41. The van der Waals surface area contributed by atoms with Gasteiger partial charge in [0.1, 0.15) is 0 Å². The van der Waals surface area contributed by atoms with Crippen molar-refractivity contribution in [2.45, 2.75) is 19.8 Å². The van der Waals surface area contributed by atoms with Crippen LogP contribution in [0.3, 0.4) is 0 Å². The van der Waals surface area contributed by atoms with Crippen LogP contribution in [-0.4, -0.2) is 0 Å². The molecule has 0 fully saturated rings. The highest BCUT2D eigenvalue weighted by atomic mass is 15.1. The first kappa shape index (κ1) is 16.8. The summed E-state index contributed by atoms with van der Waals surface area (Å²) in [5.74, 6) is 0.483. The molecule has 0 saturated heterocycles. The summed E-state index contributed by atoms with van der Waals surface area (Å²) in [5.41, 5.74) is 10.1. The molecule has 0 amide bonds. The third kappa shape index (κ3) is 2.63. The molecule has 1 heteroatoms. The lowest BCUT2D eigenvalue weighted by atomic mass is 9.93. The molecule has 0 N–H and O–H groups in total. The smallest absolute Gasteiger partial charge is 0.0543 e. The van der Waals surface area contributed by atoms with Gasteiger partial charge in [-0.1, -0.05) is 86.6 Å². The van der Waals surface area contributed by atoms with Crippen molar-refractivity contribution < 1.29 is 0 Å². The highest BCUT2D eigenvalue weighted by Gasteiger charge is 2.25. The van der Waals surface area contributed by atoms with Crippen LogP contribution in [-0.2, 0) is 0 Å². The Morgan fingerprint density at radius 2 is 1.11 bits per heavy atom. The summed E-state index contributed by atoms with van der Waals surface area (Å²) >= 11 is 0. The normalized spacial score (nSPS) is 12.2. The first-order valence-electron chi connectivity index (χ1n) is 9.92. The number of hydrogen-bond acceptors (Lipinski definition) is 1. The Labute approximate surface area is 166 Å². The Morgan fingerprint density at radius 1 is 0.536 bits per heavy atom. The molecule has 28 heavy (non-hydrogen) atoms. The standard InChI is InChI=1S/C27H23N/c1-19(2)20-16-17-25-23-13-7-6-12-22(23)24-14-8-9-15-26(24)28(27(25)18-20)21-10-4-3-5-11-21/h3-19H,1-2H3. The second-order valence-corrected chi connectivity index (χ2v) is 7.66. The van der Waals surface area contributed by atoms with Gasteiger partial charge < -0.3 is 4.90 Å². The Balaban J connectivity index is 1.91. The van der Waals surface area contributed by atoms with Gasteiger partial charge in [-0.15, -0.1) is 0 Å². The lowest BCUT2D eigenvalue weighted by Crippen LogP contribution is -2.11. The fourth-order valence-electron chi connectivity index (χ4n) is 4.15. The molecule has 0 aromatic heterocycles. The van der Waals surface area contributed by atoms with E-state index in [0.29, 0.717) is 5.92 Å². The molecule has 1 aliphatic heterocycles. The largest absolute Gasteiger partial charge is 0.309 e.